The summed E-state index contributed by atoms with van der Waals surface area (Å²) in [5, 5.41) is 9.79. The Morgan fingerprint density at radius 3 is 2.28 bits per heavy atom. The number of hydrogen-bond acceptors (Lipinski definition) is 4. The van der Waals surface area contributed by atoms with E-state index in [1.165, 1.54) is 0 Å². The van der Waals surface area contributed by atoms with E-state index >= 15 is 0 Å². The van der Waals surface area contributed by atoms with E-state index in [1.807, 2.05) is 36.4 Å². The van der Waals surface area contributed by atoms with Crippen molar-refractivity contribution in [3.63, 3.8) is 0 Å². The molecule has 0 aliphatic carbocycles. The van der Waals surface area contributed by atoms with Crippen LogP contribution in [0.1, 0.15) is 87.5 Å². The van der Waals surface area contributed by atoms with E-state index in [-0.39, 0.29) is 23.8 Å². The topological polar surface area (TPSA) is 81.8 Å². The molecule has 0 saturated carbocycles. The Morgan fingerprint density at radius 1 is 1.03 bits per heavy atom. The minimum absolute atomic E-state index is 0.0880. The minimum atomic E-state index is -0.546. The summed E-state index contributed by atoms with van der Waals surface area (Å²) in [4.78, 5) is 13.0. The van der Waals surface area contributed by atoms with Crippen LogP contribution in [0.4, 0.5) is 0 Å². The van der Waals surface area contributed by atoms with Gasteiger partial charge in [0.1, 0.15) is 11.5 Å². The SMILES string of the molecule is CCCCCC(c1ccc(OC)cc1OC)C(C(N)=O)c1cc(CO)ccc1C(C)(C)C. The van der Waals surface area contributed by atoms with Gasteiger partial charge in [-0.1, -0.05) is 71.2 Å². The van der Waals surface area contributed by atoms with E-state index in [0.717, 1.165) is 47.9 Å². The van der Waals surface area contributed by atoms with Crippen LogP contribution in [-0.2, 0) is 16.8 Å². The van der Waals surface area contributed by atoms with E-state index < -0.39 is 5.92 Å². The first-order valence-corrected chi connectivity index (χ1v) is 11.4. The highest BCUT2D eigenvalue weighted by Gasteiger charge is 2.35. The lowest BCUT2D eigenvalue weighted by Gasteiger charge is -2.32. The highest BCUT2D eigenvalue weighted by Crippen LogP contribution is 2.45. The number of carbonyl (C=O) groups excluding carboxylic acids is 1. The van der Waals surface area contributed by atoms with Crippen LogP contribution in [0.15, 0.2) is 36.4 Å². The highest BCUT2D eigenvalue weighted by molar-refractivity contribution is 5.84. The highest BCUT2D eigenvalue weighted by atomic mass is 16.5. The van der Waals surface area contributed by atoms with Crippen LogP contribution in [0.5, 0.6) is 11.5 Å². The number of ether oxygens (including phenoxy) is 2. The van der Waals surface area contributed by atoms with Gasteiger partial charge in [0, 0.05) is 12.0 Å². The Morgan fingerprint density at radius 2 is 1.75 bits per heavy atom. The number of hydrogen-bond donors (Lipinski definition) is 2. The molecule has 176 valence electrons. The Balaban J connectivity index is 2.73. The number of benzene rings is 2. The Hall–Kier alpha value is -2.53. The second-order valence-corrected chi connectivity index (χ2v) is 9.42. The van der Waals surface area contributed by atoms with Crippen molar-refractivity contribution in [1.29, 1.82) is 0 Å². The van der Waals surface area contributed by atoms with Gasteiger partial charge < -0.3 is 20.3 Å². The van der Waals surface area contributed by atoms with Crippen molar-refractivity contribution in [2.45, 2.75) is 77.2 Å². The summed E-state index contributed by atoms with van der Waals surface area (Å²) in [6.07, 6.45) is 3.94. The van der Waals surface area contributed by atoms with Crippen molar-refractivity contribution in [1.82, 2.24) is 0 Å². The van der Waals surface area contributed by atoms with Gasteiger partial charge in [-0.3, -0.25) is 4.79 Å². The van der Waals surface area contributed by atoms with Gasteiger partial charge >= 0.3 is 0 Å². The number of amides is 1. The molecule has 1 amide bonds. The summed E-state index contributed by atoms with van der Waals surface area (Å²) >= 11 is 0. The molecule has 0 aliphatic rings. The molecule has 5 heteroatoms. The van der Waals surface area contributed by atoms with Crippen LogP contribution < -0.4 is 15.2 Å². The number of nitrogens with two attached hydrogens (primary N) is 1. The molecular formula is C27H39NO4. The summed E-state index contributed by atoms with van der Waals surface area (Å²) < 4.78 is 11.1. The first-order valence-electron chi connectivity index (χ1n) is 11.4. The van der Waals surface area contributed by atoms with Crippen molar-refractivity contribution in [2.75, 3.05) is 14.2 Å². The molecule has 0 heterocycles. The predicted octanol–water partition coefficient (Wildman–Crippen LogP) is 5.43. The summed E-state index contributed by atoms with van der Waals surface area (Å²) in [6, 6.07) is 11.6. The minimum Gasteiger partial charge on any atom is -0.497 e. The third-order valence-electron chi connectivity index (χ3n) is 6.11. The zero-order valence-corrected chi connectivity index (χ0v) is 20.4. The van der Waals surface area contributed by atoms with Crippen molar-refractivity contribution in [2.24, 2.45) is 5.73 Å². The molecule has 2 aromatic rings. The van der Waals surface area contributed by atoms with Gasteiger partial charge in [-0.15, -0.1) is 0 Å². The third-order valence-corrected chi connectivity index (χ3v) is 6.11. The summed E-state index contributed by atoms with van der Waals surface area (Å²) in [5.41, 5.74) is 9.57. The summed E-state index contributed by atoms with van der Waals surface area (Å²) in [6.45, 7) is 8.46. The van der Waals surface area contributed by atoms with Gasteiger partial charge in [0.15, 0.2) is 0 Å². The Bertz CT molecular complexity index is 901. The molecule has 0 aliphatic heterocycles. The quantitative estimate of drug-likeness (QED) is 0.456. The first kappa shape index (κ1) is 25.7. The zero-order chi connectivity index (χ0) is 23.9. The van der Waals surface area contributed by atoms with Crippen LogP contribution in [0.25, 0.3) is 0 Å². The van der Waals surface area contributed by atoms with E-state index in [0.29, 0.717) is 11.5 Å². The molecule has 5 nitrogen and oxygen atoms in total. The number of aliphatic hydroxyl groups excluding tert-OH is 1. The van der Waals surface area contributed by atoms with Gasteiger partial charge in [-0.05, 0) is 40.2 Å². The molecule has 32 heavy (non-hydrogen) atoms. The number of methoxy groups -OCH3 is 2. The van der Waals surface area contributed by atoms with Gasteiger partial charge in [0.05, 0.1) is 26.7 Å². The normalized spacial score (nSPS) is 13.5. The molecular weight excluding hydrogens is 402 g/mol. The van der Waals surface area contributed by atoms with E-state index in [9.17, 15) is 9.90 Å². The Labute approximate surface area is 192 Å². The zero-order valence-electron chi connectivity index (χ0n) is 20.4. The molecule has 2 rings (SSSR count). The fourth-order valence-corrected chi connectivity index (χ4v) is 4.46. The van der Waals surface area contributed by atoms with Crippen LogP contribution in [0, 0.1) is 0 Å². The van der Waals surface area contributed by atoms with Crippen molar-refractivity contribution >= 4 is 5.91 Å². The van der Waals surface area contributed by atoms with Gasteiger partial charge in [0.2, 0.25) is 5.91 Å². The molecule has 3 N–H and O–H groups in total. The smallest absolute Gasteiger partial charge is 0.225 e. The van der Waals surface area contributed by atoms with Crippen molar-refractivity contribution in [3.05, 3.63) is 58.7 Å². The van der Waals surface area contributed by atoms with Crippen molar-refractivity contribution in [3.8, 4) is 11.5 Å². The van der Waals surface area contributed by atoms with E-state index in [2.05, 4.69) is 27.7 Å². The molecule has 0 radical (unpaired) electrons. The number of carbonyl (C=O) groups is 1. The maximum Gasteiger partial charge on any atom is 0.225 e. The molecule has 2 unspecified atom stereocenters. The lowest BCUT2D eigenvalue weighted by atomic mass is 9.72. The van der Waals surface area contributed by atoms with Gasteiger partial charge in [-0.25, -0.2) is 0 Å². The Kier molecular flexibility index (Phi) is 9.14. The van der Waals surface area contributed by atoms with Crippen LogP contribution in [-0.4, -0.2) is 25.2 Å². The number of aliphatic hydroxyl groups is 1. The second-order valence-electron chi connectivity index (χ2n) is 9.42. The number of primary amides is 1. The maximum atomic E-state index is 13.0. The fourth-order valence-electron chi connectivity index (χ4n) is 4.46. The van der Waals surface area contributed by atoms with E-state index in [1.54, 1.807) is 14.2 Å². The van der Waals surface area contributed by atoms with Gasteiger partial charge in [0.25, 0.3) is 0 Å². The molecule has 0 saturated heterocycles. The second kappa shape index (κ2) is 11.4. The summed E-state index contributed by atoms with van der Waals surface area (Å²) in [5.74, 6) is 0.314. The molecule has 2 atom stereocenters. The summed E-state index contributed by atoms with van der Waals surface area (Å²) in [7, 11) is 3.25. The average molecular weight is 442 g/mol. The van der Waals surface area contributed by atoms with E-state index in [4.69, 9.17) is 15.2 Å². The molecule has 0 bridgehead atoms. The predicted molar refractivity (Wildman–Crippen MR) is 129 cm³/mol. The lowest BCUT2D eigenvalue weighted by Crippen LogP contribution is -2.30. The third kappa shape index (κ3) is 6.04. The number of unbranched alkanes of at least 4 members (excludes halogenated alkanes) is 2. The van der Waals surface area contributed by atoms with Crippen LogP contribution >= 0.6 is 0 Å². The molecule has 0 fully saturated rings. The molecule has 0 spiro atoms. The first-order chi connectivity index (χ1) is 15.2. The largest absolute Gasteiger partial charge is 0.497 e. The standard InChI is InChI=1S/C27H39NO4/c1-7-8-9-10-21(20-13-12-19(31-5)16-24(20)32-6)25(26(28)30)22-15-18(17-29)11-14-23(22)27(2,3)4/h11-16,21,25,29H,7-10,17H2,1-6H3,(H2,28,30). The van der Waals surface area contributed by atoms with Gasteiger partial charge in [-0.2, -0.15) is 0 Å². The maximum absolute atomic E-state index is 13.0. The van der Waals surface area contributed by atoms with Crippen LogP contribution in [0.2, 0.25) is 0 Å². The van der Waals surface area contributed by atoms with Crippen molar-refractivity contribution < 1.29 is 19.4 Å². The monoisotopic (exact) mass is 441 g/mol. The van der Waals surface area contributed by atoms with Crippen LogP contribution in [0.3, 0.4) is 0 Å². The lowest BCUT2D eigenvalue weighted by molar-refractivity contribution is -0.120. The average Bonchev–Trinajstić information content (AvgIpc) is 2.76. The number of rotatable bonds is 11. The fraction of sp³-hybridized carbons (Fsp3) is 0.519. The molecule has 2 aromatic carbocycles. The molecule has 0 aromatic heterocycles.